The largest absolute Gasteiger partial charge is 0.482 e. The molecule has 27 heavy (non-hydrogen) atoms. The summed E-state index contributed by atoms with van der Waals surface area (Å²) in [6, 6.07) is 10.2. The van der Waals surface area contributed by atoms with Gasteiger partial charge in [-0.3, -0.25) is 0 Å². The molecule has 0 saturated carbocycles. The number of aliphatic hydroxyl groups excluding tert-OH is 1. The summed E-state index contributed by atoms with van der Waals surface area (Å²) in [5.74, 6) is 0.937. The standard InChI is InChI=1S/C23H30O4/c1-5-25-14-23(15-26-6-2)12-20-17(4)22(16(3)10-21(20)27-23)19-9-7-8-18(11-19)13-24/h7-11,24H,5-6,12-15H2,1-4H3. The van der Waals surface area contributed by atoms with Gasteiger partial charge >= 0.3 is 0 Å². The molecule has 0 unspecified atom stereocenters. The average Bonchev–Trinajstić information content (AvgIpc) is 3.04. The van der Waals surface area contributed by atoms with Crippen molar-refractivity contribution >= 4 is 0 Å². The molecule has 0 radical (unpaired) electrons. The molecule has 0 fully saturated rings. The topological polar surface area (TPSA) is 47.9 Å². The third-order valence-corrected chi connectivity index (χ3v) is 5.23. The molecule has 0 saturated heterocycles. The van der Waals surface area contributed by atoms with Gasteiger partial charge in [-0.1, -0.05) is 18.2 Å². The Morgan fingerprint density at radius 2 is 1.78 bits per heavy atom. The van der Waals surface area contributed by atoms with E-state index in [0.717, 1.165) is 23.3 Å². The molecule has 1 N–H and O–H groups in total. The summed E-state index contributed by atoms with van der Waals surface area (Å²) in [7, 11) is 0. The fourth-order valence-electron chi connectivity index (χ4n) is 3.94. The van der Waals surface area contributed by atoms with Crippen LogP contribution < -0.4 is 4.74 Å². The number of hydrogen-bond acceptors (Lipinski definition) is 4. The van der Waals surface area contributed by atoms with E-state index in [-0.39, 0.29) is 6.61 Å². The van der Waals surface area contributed by atoms with Gasteiger partial charge in [0.2, 0.25) is 0 Å². The van der Waals surface area contributed by atoms with Crippen LogP contribution in [0.25, 0.3) is 11.1 Å². The van der Waals surface area contributed by atoms with Gasteiger partial charge in [-0.25, -0.2) is 0 Å². The SMILES string of the molecule is CCOCC1(COCC)Cc2c(cc(C)c(-c3cccc(CO)c3)c2C)O1. The molecule has 0 aliphatic carbocycles. The second kappa shape index (κ2) is 8.42. The lowest BCUT2D eigenvalue weighted by Crippen LogP contribution is -2.44. The number of benzene rings is 2. The Labute approximate surface area is 162 Å². The van der Waals surface area contributed by atoms with Gasteiger partial charge in [0, 0.05) is 25.2 Å². The highest BCUT2D eigenvalue weighted by Gasteiger charge is 2.41. The third kappa shape index (κ3) is 4.03. The van der Waals surface area contributed by atoms with Gasteiger partial charge in [0.25, 0.3) is 0 Å². The van der Waals surface area contributed by atoms with Crippen LogP contribution in [0.4, 0.5) is 0 Å². The van der Waals surface area contributed by atoms with Crippen molar-refractivity contribution in [1.82, 2.24) is 0 Å². The molecule has 1 aliphatic heterocycles. The van der Waals surface area contributed by atoms with Crippen LogP contribution in [-0.2, 0) is 22.5 Å². The van der Waals surface area contributed by atoms with E-state index in [1.807, 2.05) is 26.0 Å². The maximum Gasteiger partial charge on any atom is 0.159 e. The second-order valence-electron chi connectivity index (χ2n) is 7.26. The van der Waals surface area contributed by atoms with E-state index in [1.165, 1.54) is 22.3 Å². The van der Waals surface area contributed by atoms with Crippen molar-refractivity contribution < 1.29 is 19.3 Å². The molecule has 0 spiro atoms. The maximum atomic E-state index is 9.49. The molecule has 4 heteroatoms. The minimum Gasteiger partial charge on any atom is -0.482 e. The normalized spacial score (nSPS) is 14.9. The summed E-state index contributed by atoms with van der Waals surface area (Å²) in [5.41, 5.74) is 6.44. The number of aryl methyl sites for hydroxylation is 1. The summed E-state index contributed by atoms with van der Waals surface area (Å²) in [5, 5.41) is 9.49. The van der Waals surface area contributed by atoms with E-state index in [0.29, 0.717) is 26.4 Å². The first-order valence-corrected chi connectivity index (χ1v) is 9.71. The zero-order chi connectivity index (χ0) is 19.4. The molecular weight excluding hydrogens is 340 g/mol. The maximum absolute atomic E-state index is 9.49. The quantitative estimate of drug-likeness (QED) is 0.756. The summed E-state index contributed by atoms with van der Waals surface area (Å²) in [6.07, 6.45) is 0.779. The molecule has 1 heterocycles. The van der Waals surface area contributed by atoms with Crippen molar-refractivity contribution in [1.29, 1.82) is 0 Å². The van der Waals surface area contributed by atoms with Crippen molar-refractivity contribution in [2.24, 2.45) is 0 Å². The van der Waals surface area contributed by atoms with Crippen LogP contribution in [0.3, 0.4) is 0 Å². The van der Waals surface area contributed by atoms with Crippen molar-refractivity contribution in [3.63, 3.8) is 0 Å². The first kappa shape index (κ1) is 19.9. The second-order valence-corrected chi connectivity index (χ2v) is 7.26. The van der Waals surface area contributed by atoms with Crippen LogP contribution in [0.15, 0.2) is 30.3 Å². The highest BCUT2D eigenvalue weighted by atomic mass is 16.6. The molecule has 1 aliphatic rings. The van der Waals surface area contributed by atoms with Gasteiger partial charge in [-0.15, -0.1) is 0 Å². The van der Waals surface area contributed by atoms with Crippen molar-refractivity contribution in [3.8, 4) is 16.9 Å². The van der Waals surface area contributed by atoms with Gasteiger partial charge in [0.1, 0.15) is 5.75 Å². The zero-order valence-electron chi connectivity index (χ0n) is 16.8. The number of hydrogen-bond donors (Lipinski definition) is 1. The van der Waals surface area contributed by atoms with Crippen molar-refractivity contribution in [3.05, 3.63) is 52.6 Å². The zero-order valence-corrected chi connectivity index (χ0v) is 16.8. The third-order valence-electron chi connectivity index (χ3n) is 5.23. The van der Waals surface area contributed by atoms with Gasteiger partial charge in [-0.05, 0) is 67.6 Å². The number of rotatable bonds is 8. The number of aliphatic hydroxyl groups is 1. The summed E-state index contributed by atoms with van der Waals surface area (Å²) in [6.45, 7) is 10.7. The Hall–Kier alpha value is -1.88. The number of fused-ring (bicyclic) bond motifs is 1. The first-order chi connectivity index (χ1) is 13.0. The van der Waals surface area contributed by atoms with E-state index in [2.05, 4.69) is 32.0 Å². The van der Waals surface area contributed by atoms with E-state index in [9.17, 15) is 5.11 Å². The van der Waals surface area contributed by atoms with Crippen LogP contribution in [0, 0.1) is 13.8 Å². The molecule has 0 aromatic heterocycles. The Morgan fingerprint density at radius 3 is 2.41 bits per heavy atom. The molecule has 4 nitrogen and oxygen atoms in total. The predicted octanol–water partition coefficient (Wildman–Crippen LogP) is 4.21. The predicted molar refractivity (Wildman–Crippen MR) is 107 cm³/mol. The molecule has 2 aromatic carbocycles. The lowest BCUT2D eigenvalue weighted by molar-refractivity contribution is -0.0632. The molecule has 0 bridgehead atoms. The van der Waals surface area contributed by atoms with Gasteiger partial charge in [-0.2, -0.15) is 0 Å². The Kier molecular flexibility index (Phi) is 6.20. The van der Waals surface area contributed by atoms with Crippen molar-refractivity contribution in [2.45, 2.75) is 46.3 Å². The fourth-order valence-corrected chi connectivity index (χ4v) is 3.94. The van der Waals surface area contributed by atoms with E-state index in [4.69, 9.17) is 14.2 Å². The summed E-state index contributed by atoms with van der Waals surface area (Å²) in [4.78, 5) is 0. The molecule has 3 rings (SSSR count). The van der Waals surface area contributed by atoms with Gasteiger partial charge in [0.05, 0.1) is 19.8 Å². The van der Waals surface area contributed by atoms with Crippen LogP contribution in [0.5, 0.6) is 5.75 Å². The Bertz CT molecular complexity index is 789. The smallest absolute Gasteiger partial charge is 0.159 e. The number of ether oxygens (including phenoxy) is 3. The molecular formula is C23H30O4. The van der Waals surface area contributed by atoms with E-state index >= 15 is 0 Å². The fraction of sp³-hybridized carbons (Fsp3) is 0.478. The van der Waals surface area contributed by atoms with E-state index in [1.54, 1.807) is 0 Å². The molecule has 0 atom stereocenters. The van der Waals surface area contributed by atoms with Crippen molar-refractivity contribution in [2.75, 3.05) is 26.4 Å². The highest BCUT2D eigenvalue weighted by molar-refractivity contribution is 5.75. The Morgan fingerprint density at radius 1 is 1.07 bits per heavy atom. The molecule has 146 valence electrons. The van der Waals surface area contributed by atoms with Crippen LogP contribution in [-0.4, -0.2) is 37.1 Å². The minimum absolute atomic E-state index is 0.0474. The van der Waals surface area contributed by atoms with E-state index < -0.39 is 5.60 Å². The first-order valence-electron chi connectivity index (χ1n) is 9.71. The van der Waals surface area contributed by atoms with Crippen LogP contribution in [0.2, 0.25) is 0 Å². The highest BCUT2D eigenvalue weighted by Crippen LogP contribution is 2.43. The molecule has 0 amide bonds. The van der Waals surface area contributed by atoms with Crippen LogP contribution >= 0.6 is 0 Å². The monoisotopic (exact) mass is 370 g/mol. The molecule has 2 aromatic rings. The van der Waals surface area contributed by atoms with Crippen LogP contribution in [0.1, 0.15) is 36.1 Å². The van der Waals surface area contributed by atoms with Gasteiger partial charge in [0.15, 0.2) is 5.60 Å². The Balaban J connectivity index is 2.00. The lowest BCUT2D eigenvalue weighted by Gasteiger charge is -2.28. The summed E-state index contributed by atoms with van der Waals surface area (Å²) >= 11 is 0. The average molecular weight is 370 g/mol. The lowest BCUT2D eigenvalue weighted by atomic mass is 9.88. The summed E-state index contributed by atoms with van der Waals surface area (Å²) < 4.78 is 17.9. The minimum atomic E-state index is -0.461. The van der Waals surface area contributed by atoms with Gasteiger partial charge < -0.3 is 19.3 Å².